The van der Waals surface area contributed by atoms with Crippen LogP contribution in [0, 0.1) is 5.82 Å². The molecule has 0 spiro atoms. The van der Waals surface area contributed by atoms with Crippen LogP contribution < -0.4 is 15.2 Å². The van der Waals surface area contributed by atoms with Crippen LogP contribution in [-0.2, 0) is 20.0 Å². The van der Waals surface area contributed by atoms with Crippen LogP contribution in [0.15, 0.2) is 23.1 Å². The van der Waals surface area contributed by atoms with Crippen LogP contribution in [-0.4, -0.2) is 34.7 Å². The maximum atomic E-state index is 14.1. The summed E-state index contributed by atoms with van der Waals surface area (Å²) >= 11 is 0. The van der Waals surface area contributed by atoms with Gasteiger partial charge >= 0.3 is 0 Å². The Labute approximate surface area is 142 Å². The third-order valence-electron chi connectivity index (χ3n) is 3.99. The Morgan fingerprint density at radius 1 is 1.12 bits per heavy atom. The van der Waals surface area contributed by atoms with Crippen molar-refractivity contribution in [3.8, 4) is 0 Å². The second-order valence-electron chi connectivity index (χ2n) is 5.44. The van der Waals surface area contributed by atoms with E-state index >= 15 is 0 Å². The van der Waals surface area contributed by atoms with Gasteiger partial charge in [0.05, 0.1) is 16.3 Å². The largest absolute Gasteiger partial charge is 0.329 e. The standard InChI is InChI=1S/C14H24FN3O4S2/c1-4-14(5-2,10-16)18-24(21,22)11-7-8-13(12(15)9-11)17-23(19,20)6-3/h7-9,17-18H,4-6,10,16H2,1-3H3. The molecule has 0 aromatic heterocycles. The zero-order chi connectivity index (χ0) is 18.6. The van der Waals surface area contributed by atoms with Crippen molar-refractivity contribution in [2.45, 2.75) is 44.0 Å². The number of halogens is 1. The number of sulfonamides is 2. The first-order chi connectivity index (χ1) is 11.0. The summed E-state index contributed by atoms with van der Waals surface area (Å²) in [4.78, 5) is -0.292. The van der Waals surface area contributed by atoms with E-state index in [0.717, 1.165) is 18.2 Å². The maximum Gasteiger partial charge on any atom is 0.241 e. The summed E-state index contributed by atoms with van der Waals surface area (Å²) in [6.07, 6.45) is 0.964. The fourth-order valence-electron chi connectivity index (χ4n) is 2.05. The predicted molar refractivity (Wildman–Crippen MR) is 92.2 cm³/mol. The molecule has 0 saturated heterocycles. The van der Waals surface area contributed by atoms with Gasteiger partial charge in [0.1, 0.15) is 5.82 Å². The molecule has 0 saturated carbocycles. The zero-order valence-corrected chi connectivity index (χ0v) is 15.6. The lowest BCUT2D eigenvalue weighted by Gasteiger charge is -2.31. The fourth-order valence-corrected chi connectivity index (χ4v) is 4.26. The van der Waals surface area contributed by atoms with Gasteiger partial charge in [0.15, 0.2) is 0 Å². The number of hydrogen-bond donors (Lipinski definition) is 3. The summed E-state index contributed by atoms with van der Waals surface area (Å²) in [7, 11) is -7.65. The Hall–Kier alpha value is -1.23. The molecule has 10 heteroatoms. The van der Waals surface area contributed by atoms with Gasteiger partial charge in [-0.1, -0.05) is 13.8 Å². The van der Waals surface area contributed by atoms with Crippen LogP contribution in [0.3, 0.4) is 0 Å². The normalized spacial score (nSPS) is 13.0. The number of rotatable bonds is 9. The molecule has 0 aliphatic heterocycles. The molecule has 1 aromatic carbocycles. The van der Waals surface area contributed by atoms with Crippen LogP contribution >= 0.6 is 0 Å². The molecule has 7 nitrogen and oxygen atoms in total. The monoisotopic (exact) mass is 381 g/mol. The quantitative estimate of drug-likeness (QED) is 0.597. The molecule has 0 fully saturated rings. The Morgan fingerprint density at radius 3 is 2.12 bits per heavy atom. The summed E-state index contributed by atoms with van der Waals surface area (Å²) in [5, 5.41) is 0. The summed E-state index contributed by atoms with van der Waals surface area (Å²) in [6, 6.07) is 3.01. The van der Waals surface area contributed by atoms with Crippen molar-refractivity contribution in [1.82, 2.24) is 4.72 Å². The van der Waals surface area contributed by atoms with Gasteiger partial charge in [-0.05, 0) is 38.0 Å². The lowest BCUT2D eigenvalue weighted by Crippen LogP contribution is -2.52. The second kappa shape index (κ2) is 7.77. The number of nitrogens with one attached hydrogen (secondary N) is 2. The van der Waals surface area contributed by atoms with Gasteiger partial charge in [-0.15, -0.1) is 0 Å². The first-order valence-electron chi connectivity index (χ1n) is 7.58. The first kappa shape index (κ1) is 20.8. The molecular formula is C14H24FN3O4S2. The van der Waals surface area contributed by atoms with E-state index in [9.17, 15) is 21.2 Å². The molecule has 1 rings (SSSR count). The molecule has 0 bridgehead atoms. The maximum absolute atomic E-state index is 14.1. The van der Waals surface area contributed by atoms with E-state index in [2.05, 4.69) is 9.44 Å². The Bertz CT molecular complexity index is 767. The fraction of sp³-hybridized carbons (Fsp3) is 0.571. The van der Waals surface area contributed by atoms with Crippen molar-refractivity contribution in [2.75, 3.05) is 17.0 Å². The van der Waals surface area contributed by atoms with E-state index < -0.39 is 31.4 Å². The molecule has 0 aliphatic carbocycles. The highest BCUT2D eigenvalue weighted by Gasteiger charge is 2.31. The van der Waals surface area contributed by atoms with Crippen LogP contribution in [0.4, 0.5) is 10.1 Å². The summed E-state index contributed by atoms with van der Waals surface area (Å²) in [5.41, 5.74) is 4.57. The molecule has 4 N–H and O–H groups in total. The van der Waals surface area contributed by atoms with Gasteiger partial charge in [0.25, 0.3) is 0 Å². The number of nitrogens with two attached hydrogens (primary N) is 1. The highest BCUT2D eigenvalue weighted by atomic mass is 32.2. The molecule has 0 atom stereocenters. The molecule has 0 heterocycles. The highest BCUT2D eigenvalue weighted by Crippen LogP contribution is 2.23. The average molecular weight is 381 g/mol. The predicted octanol–water partition coefficient (Wildman–Crippen LogP) is 1.38. The van der Waals surface area contributed by atoms with Gasteiger partial charge in [-0.2, -0.15) is 0 Å². The molecule has 24 heavy (non-hydrogen) atoms. The van der Waals surface area contributed by atoms with Crippen LogP contribution in [0.25, 0.3) is 0 Å². The van der Waals surface area contributed by atoms with E-state index in [4.69, 9.17) is 5.73 Å². The summed E-state index contributed by atoms with van der Waals surface area (Å²) in [5.74, 6) is -1.19. The Balaban J connectivity index is 3.17. The van der Waals surface area contributed by atoms with Crippen LogP contribution in [0.5, 0.6) is 0 Å². The van der Waals surface area contributed by atoms with E-state index in [1.807, 2.05) is 13.8 Å². The average Bonchev–Trinajstić information content (AvgIpc) is 2.54. The van der Waals surface area contributed by atoms with Crippen molar-refractivity contribution in [3.05, 3.63) is 24.0 Å². The topological polar surface area (TPSA) is 118 Å². The van der Waals surface area contributed by atoms with Gasteiger partial charge < -0.3 is 5.73 Å². The van der Waals surface area contributed by atoms with E-state index in [0.29, 0.717) is 12.8 Å². The molecular weight excluding hydrogens is 357 g/mol. The SMILES string of the molecule is CCC(CC)(CN)NS(=O)(=O)c1ccc(NS(=O)(=O)CC)c(F)c1. The lowest BCUT2D eigenvalue weighted by molar-refractivity contribution is 0.363. The summed E-state index contributed by atoms with van der Waals surface area (Å²) < 4.78 is 66.5. The molecule has 1 aromatic rings. The number of anilines is 1. The zero-order valence-electron chi connectivity index (χ0n) is 14.0. The van der Waals surface area contributed by atoms with Crippen LogP contribution in [0.2, 0.25) is 0 Å². The van der Waals surface area contributed by atoms with Crippen molar-refractivity contribution in [3.63, 3.8) is 0 Å². The lowest BCUT2D eigenvalue weighted by atomic mass is 9.95. The minimum Gasteiger partial charge on any atom is -0.329 e. The minimum atomic E-state index is -3.99. The minimum absolute atomic E-state index is 0.107. The van der Waals surface area contributed by atoms with Crippen LogP contribution in [0.1, 0.15) is 33.6 Å². The van der Waals surface area contributed by atoms with Crippen molar-refractivity contribution in [1.29, 1.82) is 0 Å². The van der Waals surface area contributed by atoms with Gasteiger partial charge in [-0.25, -0.2) is 25.9 Å². The first-order valence-corrected chi connectivity index (χ1v) is 10.7. The van der Waals surface area contributed by atoms with E-state index in [1.165, 1.54) is 6.92 Å². The van der Waals surface area contributed by atoms with Crippen molar-refractivity contribution < 1.29 is 21.2 Å². The smallest absolute Gasteiger partial charge is 0.241 e. The molecule has 0 aliphatic rings. The van der Waals surface area contributed by atoms with Crippen molar-refractivity contribution >= 4 is 25.7 Å². The third kappa shape index (κ3) is 4.88. The molecule has 0 radical (unpaired) electrons. The summed E-state index contributed by atoms with van der Waals surface area (Å²) in [6.45, 7) is 5.13. The third-order valence-corrected chi connectivity index (χ3v) is 6.86. The van der Waals surface area contributed by atoms with Gasteiger partial charge in [-0.3, -0.25) is 4.72 Å². The molecule has 0 unspecified atom stereocenters. The highest BCUT2D eigenvalue weighted by molar-refractivity contribution is 7.92. The van der Waals surface area contributed by atoms with E-state index in [-0.39, 0.29) is 22.9 Å². The second-order valence-corrected chi connectivity index (χ2v) is 9.14. The molecule has 0 amide bonds. The molecule has 138 valence electrons. The van der Waals surface area contributed by atoms with Gasteiger partial charge in [0, 0.05) is 12.1 Å². The Kier molecular flexibility index (Phi) is 6.74. The Morgan fingerprint density at radius 2 is 1.71 bits per heavy atom. The number of benzene rings is 1. The van der Waals surface area contributed by atoms with Gasteiger partial charge in [0.2, 0.25) is 20.0 Å². The number of hydrogen-bond acceptors (Lipinski definition) is 5. The van der Waals surface area contributed by atoms with Crippen molar-refractivity contribution in [2.24, 2.45) is 5.73 Å². The van der Waals surface area contributed by atoms with E-state index in [1.54, 1.807) is 0 Å².